The molecule has 1 atom stereocenters. The highest BCUT2D eigenvalue weighted by Gasteiger charge is 2.12. The van der Waals surface area contributed by atoms with Crippen LogP contribution in [0.4, 0.5) is 0 Å². The van der Waals surface area contributed by atoms with Crippen LogP contribution in [-0.4, -0.2) is 24.2 Å². The summed E-state index contributed by atoms with van der Waals surface area (Å²) in [6.45, 7) is 0.771. The van der Waals surface area contributed by atoms with Crippen LogP contribution in [0.5, 0.6) is 0 Å². The number of hydrogen-bond acceptors (Lipinski definition) is 2. The normalized spacial score (nSPS) is 12.0. The molecule has 3 aromatic carbocycles. The van der Waals surface area contributed by atoms with E-state index in [1.54, 1.807) is 0 Å². The Balaban J connectivity index is 1.56. The van der Waals surface area contributed by atoms with Crippen LogP contribution in [0, 0.1) is 0 Å². The number of benzene rings is 3. The molecule has 2 N–H and O–H groups in total. The Morgan fingerprint density at radius 2 is 1.62 bits per heavy atom. The minimum absolute atomic E-state index is 0.0390. The minimum Gasteiger partial charge on any atom is -0.396 e. The molecule has 3 heteroatoms. The number of carbonyl (C=O) groups is 1. The van der Waals surface area contributed by atoms with Gasteiger partial charge in [-0.05, 0) is 40.7 Å². The Morgan fingerprint density at radius 3 is 2.42 bits per heavy atom. The lowest BCUT2D eigenvalue weighted by atomic mass is 9.93. The van der Waals surface area contributed by atoms with Crippen LogP contribution in [0.25, 0.3) is 10.8 Å². The lowest BCUT2D eigenvalue weighted by molar-refractivity contribution is -0.120. The van der Waals surface area contributed by atoms with E-state index in [1.807, 2.05) is 42.5 Å². The van der Waals surface area contributed by atoms with Gasteiger partial charge < -0.3 is 10.4 Å². The van der Waals surface area contributed by atoms with Crippen molar-refractivity contribution in [3.8, 4) is 0 Å². The second-order valence-electron chi connectivity index (χ2n) is 6.57. The zero-order valence-corrected chi connectivity index (χ0v) is 14.9. The lowest BCUT2D eigenvalue weighted by Gasteiger charge is -2.16. The summed E-state index contributed by atoms with van der Waals surface area (Å²) in [4.78, 5) is 12.4. The molecule has 0 aliphatic heterocycles. The molecule has 0 aromatic heterocycles. The van der Waals surface area contributed by atoms with Crippen molar-refractivity contribution in [3.63, 3.8) is 0 Å². The summed E-state index contributed by atoms with van der Waals surface area (Å²) < 4.78 is 0. The van der Waals surface area contributed by atoms with Gasteiger partial charge in [-0.25, -0.2) is 0 Å². The molecule has 0 spiro atoms. The van der Waals surface area contributed by atoms with Crippen LogP contribution in [0.3, 0.4) is 0 Å². The van der Waals surface area contributed by atoms with E-state index < -0.39 is 0 Å². The van der Waals surface area contributed by atoms with Gasteiger partial charge in [-0.1, -0.05) is 72.8 Å². The molecule has 0 bridgehead atoms. The number of aliphatic hydroxyl groups excluding tert-OH is 1. The Kier molecular flexibility index (Phi) is 6.39. The number of fused-ring (bicyclic) bond motifs is 1. The predicted molar refractivity (Wildman–Crippen MR) is 106 cm³/mol. The molecular weight excluding hydrogens is 322 g/mol. The molecule has 3 rings (SSSR count). The summed E-state index contributed by atoms with van der Waals surface area (Å²) in [5.74, 6) is 0.302. The number of amides is 1. The summed E-state index contributed by atoms with van der Waals surface area (Å²) in [7, 11) is 0. The quantitative estimate of drug-likeness (QED) is 0.646. The second kappa shape index (κ2) is 9.16. The van der Waals surface area contributed by atoms with Gasteiger partial charge in [-0.3, -0.25) is 4.79 Å². The molecule has 0 saturated heterocycles. The fourth-order valence-electron chi connectivity index (χ4n) is 3.43. The summed E-state index contributed by atoms with van der Waals surface area (Å²) >= 11 is 0. The first-order chi connectivity index (χ1) is 12.8. The summed E-state index contributed by atoms with van der Waals surface area (Å²) in [6, 6.07) is 24.4. The molecule has 0 aliphatic carbocycles. The molecule has 0 aliphatic rings. The van der Waals surface area contributed by atoms with E-state index in [4.69, 9.17) is 0 Å². The van der Waals surface area contributed by atoms with E-state index in [0.29, 0.717) is 19.4 Å². The lowest BCUT2D eigenvalue weighted by Crippen LogP contribution is -2.27. The van der Waals surface area contributed by atoms with Crippen molar-refractivity contribution in [2.24, 2.45) is 0 Å². The molecule has 0 fully saturated rings. The van der Waals surface area contributed by atoms with Gasteiger partial charge in [-0.2, -0.15) is 0 Å². The van der Waals surface area contributed by atoms with Crippen LogP contribution in [0.1, 0.15) is 29.9 Å². The molecule has 1 unspecified atom stereocenters. The highest BCUT2D eigenvalue weighted by molar-refractivity contribution is 5.90. The summed E-state index contributed by atoms with van der Waals surface area (Å²) in [6.07, 6.45) is 1.92. The van der Waals surface area contributed by atoms with Gasteiger partial charge in [0.1, 0.15) is 0 Å². The first kappa shape index (κ1) is 18.2. The molecule has 0 saturated carbocycles. The first-order valence-electron chi connectivity index (χ1n) is 9.17. The number of hydrogen-bond donors (Lipinski definition) is 2. The predicted octanol–water partition coefficient (Wildman–Crippen LogP) is 4.05. The highest BCUT2D eigenvalue weighted by atomic mass is 16.3. The molecule has 0 heterocycles. The van der Waals surface area contributed by atoms with Crippen molar-refractivity contribution in [1.29, 1.82) is 0 Å². The third kappa shape index (κ3) is 4.70. The second-order valence-corrected chi connectivity index (χ2v) is 6.57. The zero-order valence-electron chi connectivity index (χ0n) is 14.9. The molecule has 134 valence electrons. The van der Waals surface area contributed by atoms with Crippen molar-refractivity contribution in [1.82, 2.24) is 5.32 Å². The Morgan fingerprint density at radius 1 is 0.885 bits per heavy atom. The SMILES string of the molecule is O=C(Cc1cccc2ccccc12)NCCC(CCO)c1ccccc1. The van der Waals surface area contributed by atoms with E-state index in [-0.39, 0.29) is 18.4 Å². The molecule has 26 heavy (non-hydrogen) atoms. The van der Waals surface area contributed by atoms with Gasteiger partial charge in [0.2, 0.25) is 5.91 Å². The Bertz CT molecular complexity index is 840. The van der Waals surface area contributed by atoms with E-state index in [9.17, 15) is 9.90 Å². The summed E-state index contributed by atoms with van der Waals surface area (Å²) in [5.41, 5.74) is 2.26. The maximum absolute atomic E-state index is 12.4. The number of nitrogens with one attached hydrogen (secondary N) is 1. The molecule has 3 nitrogen and oxygen atoms in total. The van der Waals surface area contributed by atoms with Gasteiger partial charge in [0, 0.05) is 13.2 Å². The van der Waals surface area contributed by atoms with Gasteiger partial charge in [0.25, 0.3) is 0 Å². The monoisotopic (exact) mass is 347 g/mol. The first-order valence-corrected chi connectivity index (χ1v) is 9.17. The van der Waals surface area contributed by atoms with E-state index in [2.05, 4.69) is 35.6 Å². The minimum atomic E-state index is 0.0390. The fraction of sp³-hybridized carbons (Fsp3) is 0.261. The molecule has 1 amide bonds. The van der Waals surface area contributed by atoms with Gasteiger partial charge in [0.05, 0.1) is 6.42 Å². The van der Waals surface area contributed by atoms with Crippen LogP contribution >= 0.6 is 0 Å². The molecule has 0 radical (unpaired) electrons. The van der Waals surface area contributed by atoms with Crippen LogP contribution in [-0.2, 0) is 11.2 Å². The smallest absolute Gasteiger partial charge is 0.224 e. The van der Waals surface area contributed by atoms with E-state index in [0.717, 1.165) is 22.8 Å². The average molecular weight is 347 g/mol. The van der Waals surface area contributed by atoms with Gasteiger partial charge in [-0.15, -0.1) is 0 Å². The van der Waals surface area contributed by atoms with E-state index in [1.165, 1.54) is 5.56 Å². The average Bonchev–Trinajstić information content (AvgIpc) is 2.68. The van der Waals surface area contributed by atoms with Crippen molar-refractivity contribution in [3.05, 3.63) is 83.9 Å². The van der Waals surface area contributed by atoms with Crippen LogP contribution in [0.15, 0.2) is 72.8 Å². The fourth-order valence-corrected chi connectivity index (χ4v) is 3.43. The number of rotatable bonds is 8. The van der Waals surface area contributed by atoms with E-state index >= 15 is 0 Å². The van der Waals surface area contributed by atoms with Crippen molar-refractivity contribution in [2.45, 2.75) is 25.2 Å². The summed E-state index contributed by atoms with van der Waals surface area (Å²) in [5, 5.41) is 14.6. The Hall–Kier alpha value is -2.65. The largest absolute Gasteiger partial charge is 0.396 e. The molecule has 3 aromatic rings. The van der Waals surface area contributed by atoms with Crippen molar-refractivity contribution >= 4 is 16.7 Å². The maximum Gasteiger partial charge on any atom is 0.224 e. The van der Waals surface area contributed by atoms with Crippen LogP contribution in [0.2, 0.25) is 0 Å². The standard InChI is InChI=1S/C23H25NO2/c25-16-14-19(18-7-2-1-3-8-18)13-15-24-23(26)17-21-11-6-10-20-9-4-5-12-22(20)21/h1-12,19,25H,13-17H2,(H,24,26). The van der Waals surface area contributed by atoms with Crippen molar-refractivity contribution in [2.75, 3.05) is 13.2 Å². The van der Waals surface area contributed by atoms with Gasteiger partial charge >= 0.3 is 0 Å². The topological polar surface area (TPSA) is 49.3 Å². The molecular formula is C23H25NO2. The third-order valence-electron chi connectivity index (χ3n) is 4.79. The maximum atomic E-state index is 12.4. The Labute approximate surface area is 154 Å². The van der Waals surface area contributed by atoms with Crippen molar-refractivity contribution < 1.29 is 9.90 Å². The third-order valence-corrected chi connectivity index (χ3v) is 4.79. The van der Waals surface area contributed by atoms with Gasteiger partial charge in [0.15, 0.2) is 0 Å². The highest BCUT2D eigenvalue weighted by Crippen LogP contribution is 2.22. The zero-order chi connectivity index (χ0) is 18.2. The number of aliphatic hydroxyl groups is 1. The van der Waals surface area contributed by atoms with Crippen LogP contribution < -0.4 is 5.32 Å². The number of carbonyl (C=O) groups excluding carboxylic acids is 1.